The van der Waals surface area contributed by atoms with Crippen molar-refractivity contribution in [3.8, 4) is 22.3 Å². The first-order valence-electron chi connectivity index (χ1n) is 20.1. The highest BCUT2D eigenvalue weighted by Crippen LogP contribution is 2.51. The van der Waals surface area contributed by atoms with Gasteiger partial charge in [0, 0.05) is 64.5 Å². The minimum atomic E-state index is 1.11. The molecule has 10 aromatic carbocycles. The highest BCUT2D eigenvalue weighted by Gasteiger charge is 2.23. The van der Waals surface area contributed by atoms with Gasteiger partial charge in [-0.05, 0) is 82.9 Å². The van der Waals surface area contributed by atoms with Crippen molar-refractivity contribution in [3.05, 3.63) is 231 Å². The molecule has 0 spiro atoms. The van der Waals surface area contributed by atoms with E-state index in [1.165, 1.54) is 64.0 Å². The topological polar surface area (TPSA) is 6.48 Å². The van der Waals surface area contributed by atoms with Gasteiger partial charge in [-0.25, -0.2) is 0 Å². The van der Waals surface area contributed by atoms with Gasteiger partial charge >= 0.3 is 0 Å². The van der Waals surface area contributed by atoms with Crippen LogP contribution in [0.2, 0.25) is 0 Å². The normalized spacial score (nSPS) is 11.4. The molecule has 0 saturated carbocycles. The van der Waals surface area contributed by atoms with E-state index >= 15 is 0 Å². The van der Waals surface area contributed by atoms with E-state index in [0.717, 1.165) is 34.1 Å². The van der Waals surface area contributed by atoms with Crippen LogP contribution in [-0.4, -0.2) is 0 Å². The van der Waals surface area contributed by atoms with Gasteiger partial charge in [-0.2, -0.15) is 0 Å². The zero-order valence-electron chi connectivity index (χ0n) is 32.2. The Bertz CT molecular complexity index is 3050. The van der Waals surface area contributed by atoms with Crippen molar-refractivity contribution in [3.63, 3.8) is 0 Å². The number of hydrogen-bond acceptors (Lipinski definition) is 3. The first kappa shape index (κ1) is 34.8. The van der Waals surface area contributed by atoms with E-state index in [2.05, 4.69) is 240 Å². The van der Waals surface area contributed by atoms with Gasteiger partial charge in [0.15, 0.2) is 0 Å². The molecule has 0 saturated heterocycles. The molecule has 11 rings (SSSR count). The number of fused-ring (bicyclic) bond motifs is 7. The van der Waals surface area contributed by atoms with E-state index in [0.29, 0.717) is 0 Å². The van der Waals surface area contributed by atoms with Crippen LogP contribution in [0.3, 0.4) is 0 Å². The fourth-order valence-electron chi connectivity index (χ4n) is 8.67. The largest absolute Gasteiger partial charge is 0.310 e. The lowest BCUT2D eigenvalue weighted by Gasteiger charge is -2.28. The third kappa shape index (κ3) is 6.20. The highest BCUT2D eigenvalue weighted by atomic mass is 32.1. The van der Waals surface area contributed by atoms with Crippen LogP contribution >= 0.6 is 11.3 Å². The summed E-state index contributed by atoms with van der Waals surface area (Å²) in [6.07, 6.45) is 0. The van der Waals surface area contributed by atoms with E-state index in [-0.39, 0.29) is 0 Å². The molecule has 0 aliphatic carbocycles. The van der Waals surface area contributed by atoms with Gasteiger partial charge < -0.3 is 9.80 Å². The van der Waals surface area contributed by atoms with Gasteiger partial charge in [-0.3, -0.25) is 0 Å². The SMILES string of the molecule is c1ccc(-c2cccc(N(c3ccccc3)c3cc4c5cc(N(c6ccccc6)c6cccc(-c7ccccc7)c6)c6ccccc6c5sc4c4ccccc34)c2)cc1. The molecule has 0 unspecified atom stereocenters. The average molecular weight is 771 g/mol. The van der Waals surface area contributed by atoms with Crippen molar-refractivity contribution in [2.24, 2.45) is 0 Å². The molecule has 1 aromatic heterocycles. The molecular weight excluding hydrogens is 733 g/mol. The van der Waals surface area contributed by atoms with Crippen molar-refractivity contribution in [2.45, 2.75) is 0 Å². The number of anilines is 6. The van der Waals surface area contributed by atoms with E-state index in [1.54, 1.807) is 0 Å². The molecule has 0 atom stereocenters. The molecule has 11 aromatic rings. The van der Waals surface area contributed by atoms with Crippen molar-refractivity contribution >= 4 is 87.2 Å². The maximum atomic E-state index is 2.44. The highest BCUT2D eigenvalue weighted by molar-refractivity contribution is 7.27. The van der Waals surface area contributed by atoms with E-state index in [4.69, 9.17) is 0 Å². The van der Waals surface area contributed by atoms with Gasteiger partial charge in [0.05, 0.1) is 11.4 Å². The van der Waals surface area contributed by atoms with Gasteiger partial charge in [0.25, 0.3) is 0 Å². The molecule has 0 aliphatic heterocycles. The van der Waals surface area contributed by atoms with Crippen LogP contribution in [0.25, 0.3) is 64.0 Å². The summed E-state index contributed by atoms with van der Waals surface area (Å²) in [7, 11) is 0. The number of thiophene rings is 1. The first-order chi connectivity index (χ1) is 29.3. The lowest BCUT2D eigenvalue weighted by atomic mass is 9.98. The van der Waals surface area contributed by atoms with Crippen LogP contribution in [-0.2, 0) is 0 Å². The van der Waals surface area contributed by atoms with Crippen LogP contribution in [0.5, 0.6) is 0 Å². The first-order valence-corrected chi connectivity index (χ1v) is 20.9. The van der Waals surface area contributed by atoms with Crippen LogP contribution in [0.1, 0.15) is 0 Å². The Morgan fingerprint density at radius 2 is 0.559 bits per heavy atom. The summed E-state index contributed by atoms with van der Waals surface area (Å²) >= 11 is 1.91. The fourth-order valence-corrected chi connectivity index (χ4v) is 10.0. The second kappa shape index (κ2) is 14.8. The van der Waals surface area contributed by atoms with Crippen molar-refractivity contribution in [1.82, 2.24) is 0 Å². The number of benzene rings is 10. The minimum Gasteiger partial charge on any atom is -0.310 e. The Kier molecular flexibility index (Phi) is 8.72. The zero-order valence-corrected chi connectivity index (χ0v) is 33.1. The fraction of sp³-hybridized carbons (Fsp3) is 0. The van der Waals surface area contributed by atoms with Crippen molar-refractivity contribution in [1.29, 1.82) is 0 Å². The predicted molar refractivity (Wildman–Crippen MR) is 255 cm³/mol. The van der Waals surface area contributed by atoms with Gasteiger partial charge in [-0.1, -0.05) is 170 Å². The summed E-state index contributed by atoms with van der Waals surface area (Å²) in [6, 6.07) is 83.5. The van der Waals surface area contributed by atoms with Crippen molar-refractivity contribution < 1.29 is 0 Å². The van der Waals surface area contributed by atoms with Crippen LogP contribution in [0.4, 0.5) is 34.1 Å². The number of hydrogen-bond donors (Lipinski definition) is 0. The molecule has 0 aliphatic rings. The quantitative estimate of drug-likeness (QED) is 0.152. The summed E-state index contributed by atoms with van der Waals surface area (Å²) in [6.45, 7) is 0. The summed E-state index contributed by atoms with van der Waals surface area (Å²) < 4.78 is 2.59. The lowest BCUT2D eigenvalue weighted by Crippen LogP contribution is -2.11. The van der Waals surface area contributed by atoms with Crippen LogP contribution in [0.15, 0.2) is 231 Å². The second-order valence-corrected chi connectivity index (χ2v) is 15.9. The summed E-state index contributed by atoms with van der Waals surface area (Å²) in [5, 5.41) is 7.43. The maximum Gasteiger partial charge on any atom is 0.0547 e. The minimum absolute atomic E-state index is 1.11. The van der Waals surface area contributed by atoms with E-state index in [1.807, 2.05) is 11.3 Å². The van der Waals surface area contributed by atoms with Gasteiger partial charge in [-0.15, -0.1) is 11.3 Å². The Hall–Kier alpha value is -7.46. The Morgan fingerprint density at radius 1 is 0.237 bits per heavy atom. The molecule has 0 bridgehead atoms. The average Bonchev–Trinajstić information content (AvgIpc) is 3.70. The third-order valence-electron chi connectivity index (χ3n) is 11.4. The van der Waals surface area contributed by atoms with E-state index in [9.17, 15) is 0 Å². The lowest BCUT2D eigenvalue weighted by molar-refractivity contribution is 1.30. The molecular formula is C56H38N2S. The number of nitrogens with zero attached hydrogens (tertiary/aromatic N) is 2. The molecule has 2 nitrogen and oxygen atoms in total. The maximum absolute atomic E-state index is 2.44. The Balaban J connectivity index is 1.19. The van der Waals surface area contributed by atoms with Crippen molar-refractivity contribution in [2.75, 3.05) is 9.80 Å². The standard InChI is InChI=1S/C56H38N2S/c1-5-19-39(20-6-1)41-23-17-29-45(35-41)57(43-25-9-3-10-26-43)53-37-51-52-38-54(48-32-14-16-34-50(48)56(52)59-55(51)49-33-15-13-31-47(49)53)58(44-27-11-4-12-28-44)46-30-18-24-42(36-46)40-21-7-2-8-22-40/h1-38H. The summed E-state index contributed by atoms with van der Waals surface area (Å²) in [4.78, 5) is 4.87. The third-order valence-corrected chi connectivity index (χ3v) is 12.7. The number of para-hydroxylation sites is 2. The summed E-state index contributed by atoms with van der Waals surface area (Å²) in [5.74, 6) is 0. The smallest absolute Gasteiger partial charge is 0.0547 e. The zero-order chi connectivity index (χ0) is 39.1. The molecule has 0 radical (unpaired) electrons. The molecule has 278 valence electrons. The molecule has 0 N–H and O–H groups in total. The molecule has 3 heteroatoms. The monoisotopic (exact) mass is 770 g/mol. The van der Waals surface area contributed by atoms with Gasteiger partial charge in [0.2, 0.25) is 0 Å². The molecule has 0 fully saturated rings. The number of rotatable bonds is 8. The second-order valence-electron chi connectivity index (χ2n) is 14.9. The molecule has 0 amide bonds. The van der Waals surface area contributed by atoms with Crippen LogP contribution in [0, 0.1) is 0 Å². The van der Waals surface area contributed by atoms with Crippen LogP contribution < -0.4 is 9.80 Å². The predicted octanol–water partition coefficient (Wildman–Crippen LogP) is 16.6. The Labute approximate surface area is 348 Å². The van der Waals surface area contributed by atoms with E-state index < -0.39 is 0 Å². The molecule has 59 heavy (non-hydrogen) atoms. The molecule has 1 heterocycles. The van der Waals surface area contributed by atoms with Gasteiger partial charge in [0.1, 0.15) is 0 Å². The Morgan fingerprint density at radius 3 is 0.966 bits per heavy atom. The summed E-state index contributed by atoms with van der Waals surface area (Å²) in [5.41, 5.74) is 11.5.